The maximum absolute atomic E-state index is 12.1. The van der Waals surface area contributed by atoms with E-state index in [0.29, 0.717) is 25.7 Å². The van der Waals surface area contributed by atoms with Crippen LogP contribution in [0, 0.1) is 29.6 Å². The van der Waals surface area contributed by atoms with Gasteiger partial charge in [-0.1, -0.05) is 12.2 Å². The summed E-state index contributed by atoms with van der Waals surface area (Å²) in [5.74, 6) is 3.84. The molecule has 0 aliphatic heterocycles. The van der Waals surface area contributed by atoms with Gasteiger partial charge in [-0.2, -0.15) is 0 Å². The van der Waals surface area contributed by atoms with Gasteiger partial charge in [0.25, 0.3) is 0 Å². The van der Waals surface area contributed by atoms with Crippen LogP contribution in [0.5, 0.6) is 0 Å². The number of nitrogens with one attached hydrogen (secondary N) is 1. The molecule has 0 radical (unpaired) electrons. The first kappa shape index (κ1) is 12.2. The molecule has 2 bridgehead atoms. The molecule has 4 atom stereocenters. The lowest BCUT2D eigenvalue weighted by molar-refractivity contribution is -0.123. The summed E-state index contributed by atoms with van der Waals surface area (Å²) in [4.78, 5) is 12.1. The molecule has 3 heteroatoms. The van der Waals surface area contributed by atoms with Gasteiger partial charge in [0.05, 0.1) is 13.2 Å². The molecule has 3 saturated carbocycles. The van der Waals surface area contributed by atoms with E-state index in [-0.39, 0.29) is 5.91 Å². The molecular formula is C15H23NO2. The Labute approximate surface area is 109 Å². The molecular weight excluding hydrogens is 226 g/mol. The van der Waals surface area contributed by atoms with E-state index >= 15 is 0 Å². The van der Waals surface area contributed by atoms with Crippen molar-refractivity contribution >= 4 is 5.91 Å². The molecule has 3 fully saturated rings. The Morgan fingerprint density at radius 1 is 1.33 bits per heavy atom. The fraction of sp³-hybridized carbons (Fsp3) is 0.800. The third-order valence-electron chi connectivity index (χ3n) is 4.93. The topological polar surface area (TPSA) is 38.3 Å². The van der Waals surface area contributed by atoms with Crippen molar-refractivity contribution in [1.82, 2.24) is 5.32 Å². The van der Waals surface area contributed by atoms with Crippen molar-refractivity contribution in [2.45, 2.75) is 26.2 Å². The summed E-state index contributed by atoms with van der Waals surface area (Å²) >= 11 is 0. The summed E-state index contributed by atoms with van der Waals surface area (Å²) in [6.07, 6.45) is 4.15. The number of rotatable bonds is 6. The van der Waals surface area contributed by atoms with Gasteiger partial charge in [-0.05, 0) is 49.9 Å². The number of fused-ring (bicyclic) bond motifs is 5. The van der Waals surface area contributed by atoms with Gasteiger partial charge >= 0.3 is 0 Å². The van der Waals surface area contributed by atoms with Gasteiger partial charge < -0.3 is 10.1 Å². The summed E-state index contributed by atoms with van der Waals surface area (Å²) in [5, 5.41) is 3.02. The van der Waals surface area contributed by atoms with Crippen molar-refractivity contribution in [3.05, 3.63) is 12.2 Å². The molecule has 0 spiro atoms. The lowest BCUT2D eigenvalue weighted by Gasteiger charge is -2.09. The molecule has 3 aliphatic rings. The van der Waals surface area contributed by atoms with Crippen molar-refractivity contribution in [1.29, 1.82) is 0 Å². The maximum Gasteiger partial charge on any atom is 0.223 e. The molecule has 4 unspecified atom stereocenters. The lowest BCUT2D eigenvalue weighted by atomic mass is 10.0. The van der Waals surface area contributed by atoms with Gasteiger partial charge in [0.2, 0.25) is 5.91 Å². The number of hydrogen-bond donors (Lipinski definition) is 1. The zero-order valence-corrected chi connectivity index (χ0v) is 11.2. The van der Waals surface area contributed by atoms with Gasteiger partial charge in [0, 0.05) is 12.5 Å². The largest absolute Gasteiger partial charge is 0.375 e. The van der Waals surface area contributed by atoms with Crippen LogP contribution >= 0.6 is 0 Å². The second-order valence-electron chi connectivity index (χ2n) is 6.31. The fourth-order valence-electron chi connectivity index (χ4n) is 4.29. The minimum Gasteiger partial charge on any atom is -0.375 e. The van der Waals surface area contributed by atoms with E-state index in [2.05, 4.69) is 11.9 Å². The summed E-state index contributed by atoms with van der Waals surface area (Å²) in [6, 6.07) is 0. The molecule has 1 N–H and O–H groups in total. The first-order chi connectivity index (χ1) is 8.68. The predicted octanol–water partition coefficient (Wildman–Crippen LogP) is 1.99. The fourth-order valence-corrected chi connectivity index (χ4v) is 4.29. The number of carbonyl (C=O) groups is 1. The zero-order valence-electron chi connectivity index (χ0n) is 11.2. The molecule has 3 aliphatic carbocycles. The minimum atomic E-state index is 0.278. The van der Waals surface area contributed by atoms with Crippen LogP contribution in [0.25, 0.3) is 0 Å². The van der Waals surface area contributed by atoms with Crippen LogP contribution in [0.2, 0.25) is 0 Å². The van der Waals surface area contributed by atoms with Crippen LogP contribution in [0.4, 0.5) is 0 Å². The first-order valence-electron chi connectivity index (χ1n) is 7.18. The number of amides is 1. The Kier molecular flexibility index (Phi) is 3.18. The van der Waals surface area contributed by atoms with E-state index in [1.807, 2.05) is 6.92 Å². The zero-order chi connectivity index (χ0) is 12.7. The van der Waals surface area contributed by atoms with Crippen molar-refractivity contribution in [3.8, 4) is 0 Å². The van der Waals surface area contributed by atoms with Crippen LogP contribution in [-0.4, -0.2) is 25.7 Å². The van der Waals surface area contributed by atoms with Crippen LogP contribution in [-0.2, 0) is 9.53 Å². The normalized spacial score (nSPS) is 39.5. The van der Waals surface area contributed by atoms with Gasteiger partial charge in [0.1, 0.15) is 0 Å². The highest BCUT2D eigenvalue weighted by Crippen LogP contribution is 2.69. The molecule has 3 rings (SSSR count). The van der Waals surface area contributed by atoms with E-state index in [1.54, 1.807) is 0 Å². The Balaban J connectivity index is 1.35. The molecule has 1 amide bonds. The molecule has 3 nitrogen and oxygen atoms in total. The summed E-state index contributed by atoms with van der Waals surface area (Å²) in [5.41, 5.74) is 1.02. The molecule has 0 aromatic rings. The van der Waals surface area contributed by atoms with Crippen LogP contribution in [0.15, 0.2) is 12.2 Å². The van der Waals surface area contributed by atoms with E-state index in [1.165, 1.54) is 19.3 Å². The average molecular weight is 249 g/mol. The third-order valence-corrected chi connectivity index (χ3v) is 4.93. The van der Waals surface area contributed by atoms with Gasteiger partial charge in [-0.3, -0.25) is 4.79 Å². The Morgan fingerprint density at radius 3 is 2.61 bits per heavy atom. The monoisotopic (exact) mass is 249 g/mol. The molecule has 0 aromatic carbocycles. The van der Waals surface area contributed by atoms with Crippen molar-refractivity contribution in [2.24, 2.45) is 29.6 Å². The maximum atomic E-state index is 12.1. The third kappa shape index (κ3) is 2.09. The molecule has 18 heavy (non-hydrogen) atoms. The second-order valence-corrected chi connectivity index (χ2v) is 6.31. The highest BCUT2D eigenvalue weighted by atomic mass is 16.5. The quantitative estimate of drug-likeness (QED) is 0.577. The first-order valence-corrected chi connectivity index (χ1v) is 7.18. The van der Waals surface area contributed by atoms with E-state index in [0.717, 1.165) is 29.2 Å². The summed E-state index contributed by atoms with van der Waals surface area (Å²) in [7, 11) is 0. The Morgan fingerprint density at radius 2 is 2.00 bits per heavy atom. The standard InChI is InChI=1S/C15H23NO2/c1-9(2)8-18-6-5-16-15(17)14-12-10-3-4-11(7-10)13(12)14/h10-14H,1,3-8H2,2H3,(H,16,17). The van der Waals surface area contributed by atoms with E-state index in [9.17, 15) is 4.79 Å². The number of ether oxygens (including phenoxy) is 1. The predicted molar refractivity (Wildman–Crippen MR) is 69.9 cm³/mol. The van der Waals surface area contributed by atoms with Crippen molar-refractivity contribution < 1.29 is 9.53 Å². The lowest BCUT2D eigenvalue weighted by Crippen LogP contribution is -2.30. The second kappa shape index (κ2) is 4.69. The molecule has 0 aromatic heterocycles. The Hall–Kier alpha value is -0.830. The Bertz CT molecular complexity index is 350. The van der Waals surface area contributed by atoms with Gasteiger partial charge in [0.15, 0.2) is 0 Å². The summed E-state index contributed by atoms with van der Waals surface area (Å²) < 4.78 is 5.38. The van der Waals surface area contributed by atoms with Crippen molar-refractivity contribution in [2.75, 3.05) is 19.8 Å². The highest BCUT2D eigenvalue weighted by Gasteiger charge is 2.67. The highest BCUT2D eigenvalue weighted by molar-refractivity contribution is 5.82. The van der Waals surface area contributed by atoms with Crippen LogP contribution in [0.3, 0.4) is 0 Å². The van der Waals surface area contributed by atoms with Gasteiger partial charge in [-0.15, -0.1) is 0 Å². The van der Waals surface area contributed by atoms with E-state index < -0.39 is 0 Å². The van der Waals surface area contributed by atoms with Gasteiger partial charge in [-0.25, -0.2) is 0 Å². The average Bonchev–Trinajstić information content (AvgIpc) is 2.77. The molecule has 0 saturated heterocycles. The van der Waals surface area contributed by atoms with E-state index in [4.69, 9.17) is 4.74 Å². The smallest absolute Gasteiger partial charge is 0.223 e. The summed E-state index contributed by atoms with van der Waals surface area (Å²) in [6.45, 7) is 7.54. The SMILES string of the molecule is C=C(C)COCCNC(=O)C1C2C3CCC(C3)C12. The molecule has 0 heterocycles. The minimum absolute atomic E-state index is 0.278. The molecule has 100 valence electrons. The van der Waals surface area contributed by atoms with Crippen LogP contribution < -0.4 is 5.32 Å². The number of hydrogen-bond acceptors (Lipinski definition) is 2. The van der Waals surface area contributed by atoms with Crippen LogP contribution in [0.1, 0.15) is 26.2 Å². The van der Waals surface area contributed by atoms with Crippen molar-refractivity contribution in [3.63, 3.8) is 0 Å². The number of carbonyl (C=O) groups excluding carboxylic acids is 1.